The molecule has 0 fully saturated rings. The SMILES string of the molecule is CCOC(c1nc(C)c(CCC(=O)O)c(=O)[nH]1)C(C)(C)C. The molecule has 0 saturated carbocycles. The first-order valence-corrected chi connectivity index (χ1v) is 7.10. The normalized spacial score (nSPS) is 13.2. The summed E-state index contributed by atoms with van der Waals surface area (Å²) in [5, 5.41) is 8.72. The summed E-state index contributed by atoms with van der Waals surface area (Å²) in [6.45, 7) is 10.2. The van der Waals surface area contributed by atoms with E-state index in [0.29, 0.717) is 23.7 Å². The van der Waals surface area contributed by atoms with E-state index in [2.05, 4.69) is 9.97 Å². The van der Waals surface area contributed by atoms with Crippen molar-refractivity contribution in [1.82, 2.24) is 9.97 Å². The fourth-order valence-corrected chi connectivity index (χ4v) is 2.19. The van der Waals surface area contributed by atoms with Crippen LogP contribution in [0, 0.1) is 12.3 Å². The van der Waals surface area contributed by atoms with Crippen LogP contribution in [0.1, 0.15) is 57.3 Å². The highest BCUT2D eigenvalue weighted by Gasteiger charge is 2.29. The van der Waals surface area contributed by atoms with Gasteiger partial charge in [0.25, 0.3) is 5.56 Å². The van der Waals surface area contributed by atoms with Crippen LogP contribution in [0.2, 0.25) is 0 Å². The molecule has 118 valence electrons. The molecule has 21 heavy (non-hydrogen) atoms. The number of ether oxygens (including phenoxy) is 1. The number of nitrogens with one attached hydrogen (secondary N) is 1. The maximum Gasteiger partial charge on any atom is 0.303 e. The second kappa shape index (κ2) is 6.85. The molecule has 0 saturated heterocycles. The van der Waals surface area contributed by atoms with E-state index in [4.69, 9.17) is 9.84 Å². The maximum absolute atomic E-state index is 12.2. The molecule has 1 atom stereocenters. The van der Waals surface area contributed by atoms with Crippen molar-refractivity contribution in [3.63, 3.8) is 0 Å². The maximum atomic E-state index is 12.2. The quantitative estimate of drug-likeness (QED) is 0.839. The number of aromatic nitrogens is 2. The number of hydrogen-bond acceptors (Lipinski definition) is 4. The highest BCUT2D eigenvalue weighted by atomic mass is 16.5. The molecule has 0 aliphatic rings. The number of carboxylic acid groups (broad SMARTS) is 1. The first kappa shape index (κ1) is 17.4. The molecule has 1 aromatic heterocycles. The standard InChI is InChI=1S/C15H24N2O4/c1-6-21-12(15(3,4)5)13-16-9(2)10(14(20)17-13)7-8-11(18)19/h12H,6-8H2,1-5H3,(H,18,19)(H,16,17,20). The van der Waals surface area contributed by atoms with E-state index >= 15 is 0 Å². The third-order valence-electron chi connectivity index (χ3n) is 3.20. The van der Waals surface area contributed by atoms with E-state index in [1.54, 1.807) is 6.92 Å². The molecule has 1 rings (SSSR count). The van der Waals surface area contributed by atoms with Crippen molar-refractivity contribution >= 4 is 5.97 Å². The number of carboxylic acids is 1. The van der Waals surface area contributed by atoms with Crippen molar-refractivity contribution in [3.8, 4) is 0 Å². The largest absolute Gasteiger partial charge is 0.481 e. The zero-order valence-corrected chi connectivity index (χ0v) is 13.3. The smallest absolute Gasteiger partial charge is 0.303 e. The Hall–Kier alpha value is -1.69. The molecule has 6 heteroatoms. The van der Waals surface area contributed by atoms with Crippen LogP contribution in [0.3, 0.4) is 0 Å². The van der Waals surface area contributed by atoms with Crippen molar-refractivity contribution in [2.24, 2.45) is 5.41 Å². The van der Waals surface area contributed by atoms with Crippen LogP contribution < -0.4 is 5.56 Å². The fraction of sp³-hybridized carbons (Fsp3) is 0.667. The summed E-state index contributed by atoms with van der Waals surface area (Å²) in [7, 11) is 0. The highest BCUT2D eigenvalue weighted by molar-refractivity contribution is 5.67. The molecule has 1 unspecified atom stereocenters. The van der Waals surface area contributed by atoms with Crippen LogP contribution in [0.25, 0.3) is 0 Å². The Morgan fingerprint density at radius 3 is 2.48 bits per heavy atom. The van der Waals surface area contributed by atoms with Gasteiger partial charge >= 0.3 is 5.97 Å². The molecule has 0 aromatic carbocycles. The number of H-pyrrole nitrogens is 1. The number of hydrogen-bond donors (Lipinski definition) is 2. The summed E-state index contributed by atoms with van der Waals surface area (Å²) >= 11 is 0. The minimum absolute atomic E-state index is 0.0842. The minimum Gasteiger partial charge on any atom is -0.481 e. The van der Waals surface area contributed by atoms with E-state index in [-0.39, 0.29) is 29.9 Å². The number of carbonyl (C=O) groups is 1. The average molecular weight is 296 g/mol. The van der Waals surface area contributed by atoms with Crippen LogP contribution in [-0.2, 0) is 16.0 Å². The van der Waals surface area contributed by atoms with Crippen molar-refractivity contribution in [2.75, 3.05) is 6.61 Å². The van der Waals surface area contributed by atoms with Crippen molar-refractivity contribution < 1.29 is 14.6 Å². The zero-order chi connectivity index (χ0) is 16.2. The molecule has 0 amide bonds. The van der Waals surface area contributed by atoms with Crippen LogP contribution in [0.4, 0.5) is 0 Å². The lowest BCUT2D eigenvalue weighted by Crippen LogP contribution is -2.28. The minimum atomic E-state index is -0.931. The summed E-state index contributed by atoms with van der Waals surface area (Å²) in [5.41, 5.74) is 0.489. The van der Waals surface area contributed by atoms with E-state index < -0.39 is 5.97 Å². The molecule has 6 nitrogen and oxygen atoms in total. The molecule has 0 spiro atoms. The van der Waals surface area contributed by atoms with Gasteiger partial charge in [-0.3, -0.25) is 9.59 Å². The lowest BCUT2D eigenvalue weighted by Gasteiger charge is -2.29. The Labute approximate surface area is 124 Å². The summed E-state index contributed by atoms with van der Waals surface area (Å²) < 4.78 is 5.71. The number of rotatable bonds is 6. The first-order valence-electron chi connectivity index (χ1n) is 7.10. The van der Waals surface area contributed by atoms with Gasteiger partial charge in [-0.1, -0.05) is 20.8 Å². The summed E-state index contributed by atoms with van der Waals surface area (Å²) in [5.74, 6) is -0.439. The van der Waals surface area contributed by atoms with Gasteiger partial charge in [0.05, 0.1) is 0 Å². The third kappa shape index (κ3) is 4.67. The molecule has 0 aliphatic carbocycles. The lowest BCUT2D eigenvalue weighted by atomic mass is 9.88. The van der Waals surface area contributed by atoms with Crippen molar-refractivity contribution in [1.29, 1.82) is 0 Å². The Bertz CT molecular complexity index is 558. The number of aryl methyl sites for hydroxylation is 1. The summed E-state index contributed by atoms with van der Waals surface area (Å²) in [4.78, 5) is 30.0. The molecule has 1 heterocycles. The first-order chi connectivity index (χ1) is 9.66. The Morgan fingerprint density at radius 1 is 1.43 bits per heavy atom. The zero-order valence-electron chi connectivity index (χ0n) is 13.3. The molecular weight excluding hydrogens is 272 g/mol. The Morgan fingerprint density at radius 2 is 2.05 bits per heavy atom. The molecule has 0 radical (unpaired) electrons. The fourth-order valence-electron chi connectivity index (χ4n) is 2.19. The highest BCUT2D eigenvalue weighted by Crippen LogP contribution is 2.33. The van der Waals surface area contributed by atoms with Gasteiger partial charge in [-0.2, -0.15) is 0 Å². The topological polar surface area (TPSA) is 92.3 Å². The number of nitrogens with zero attached hydrogens (tertiary/aromatic N) is 1. The second-order valence-corrected chi connectivity index (χ2v) is 6.11. The van der Waals surface area contributed by atoms with Gasteiger partial charge < -0.3 is 14.8 Å². The van der Waals surface area contributed by atoms with Crippen molar-refractivity contribution in [3.05, 3.63) is 27.4 Å². The average Bonchev–Trinajstić information content (AvgIpc) is 2.32. The van der Waals surface area contributed by atoms with E-state index in [9.17, 15) is 9.59 Å². The molecular formula is C15H24N2O4. The molecule has 0 bridgehead atoms. The Balaban J connectivity index is 3.17. The summed E-state index contributed by atoms with van der Waals surface area (Å²) in [6.07, 6.45) is -0.222. The van der Waals surface area contributed by atoms with Crippen LogP contribution in [-0.4, -0.2) is 27.7 Å². The summed E-state index contributed by atoms with van der Waals surface area (Å²) in [6, 6.07) is 0. The number of aromatic amines is 1. The van der Waals surface area contributed by atoms with E-state index in [1.807, 2.05) is 27.7 Å². The van der Waals surface area contributed by atoms with Crippen molar-refractivity contribution in [2.45, 2.75) is 53.6 Å². The Kier molecular flexibility index (Phi) is 5.66. The number of aliphatic carboxylic acids is 1. The van der Waals surface area contributed by atoms with Gasteiger partial charge in [0.15, 0.2) is 0 Å². The van der Waals surface area contributed by atoms with Crippen LogP contribution >= 0.6 is 0 Å². The van der Waals surface area contributed by atoms with E-state index in [0.717, 1.165) is 0 Å². The van der Waals surface area contributed by atoms with Gasteiger partial charge in [0.2, 0.25) is 0 Å². The predicted molar refractivity (Wildman–Crippen MR) is 79.4 cm³/mol. The third-order valence-corrected chi connectivity index (χ3v) is 3.20. The monoisotopic (exact) mass is 296 g/mol. The van der Waals surface area contributed by atoms with Gasteiger partial charge in [0.1, 0.15) is 11.9 Å². The van der Waals surface area contributed by atoms with E-state index in [1.165, 1.54) is 0 Å². The molecule has 2 N–H and O–H groups in total. The van der Waals surface area contributed by atoms with Gasteiger partial charge in [-0.05, 0) is 25.7 Å². The van der Waals surface area contributed by atoms with Gasteiger partial charge in [-0.25, -0.2) is 4.98 Å². The molecule has 0 aliphatic heterocycles. The van der Waals surface area contributed by atoms with Crippen LogP contribution in [0.15, 0.2) is 4.79 Å². The predicted octanol–water partition coefficient (Wildman–Crippen LogP) is 2.22. The lowest BCUT2D eigenvalue weighted by molar-refractivity contribution is -0.136. The van der Waals surface area contributed by atoms with Gasteiger partial charge in [-0.15, -0.1) is 0 Å². The second-order valence-electron chi connectivity index (χ2n) is 6.11. The van der Waals surface area contributed by atoms with Crippen LogP contribution in [0.5, 0.6) is 0 Å². The van der Waals surface area contributed by atoms with Gasteiger partial charge in [0, 0.05) is 24.3 Å². The molecule has 1 aromatic rings.